The van der Waals surface area contributed by atoms with Gasteiger partial charge in [-0.15, -0.1) is 0 Å². The summed E-state index contributed by atoms with van der Waals surface area (Å²) < 4.78 is 5.28. The highest BCUT2D eigenvalue weighted by Crippen LogP contribution is 2.27. The lowest BCUT2D eigenvalue weighted by molar-refractivity contribution is -0.119. The molecule has 0 aliphatic heterocycles. The topological polar surface area (TPSA) is 26.3 Å². The number of rotatable bonds is 6. The van der Waals surface area contributed by atoms with Gasteiger partial charge in [0.25, 0.3) is 0 Å². The lowest BCUT2D eigenvalue weighted by Crippen LogP contribution is -2.15. The number of carbonyl (C=O) groups excluding carboxylic acids is 1. The van der Waals surface area contributed by atoms with Crippen LogP contribution in [0.2, 0.25) is 0 Å². The number of ether oxygens (including phenoxy) is 1. The van der Waals surface area contributed by atoms with Crippen molar-refractivity contribution in [3.8, 4) is 5.75 Å². The maximum atomic E-state index is 12.1. The molecule has 0 bridgehead atoms. The average Bonchev–Trinajstić information content (AvgIpc) is 2.26. The van der Waals surface area contributed by atoms with Crippen molar-refractivity contribution in [2.45, 2.75) is 47.0 Å². The first-order valence-corrected chi connectivity index (χ1v) is 6.95. The van der Waals surface area contributed by atoms with Crippen molar-refractivity contribution >= 4 is 5.78 Å². The molecule has 106 valence electrons. The molecule has 1 atom stereocenters. The normalized spacial score (nSPS) is 13.1. The van der Waals surface area contributed by atoms with Gasteiger partial charge in [0.2, 0.25) is 0 Å². The van der Waals surface area contributed by atoms with Crippen LogP contribution in [0.4, 0.5) is 0 Å². The number of carbonyl (C=O) groups is 1. The Morgan fingerprint density at radius 2 is 1.89 bits per heavy atom. The Balaban J connectivity index is 2.56. The van der Waals surface area contributed by atoms with E-state index in [9.17, 15) is 4.79 Å². The summed E-state index contributed by atoms with van der Waals surface area (Å²) in [6.07, 6.45) is 2.19. The van der Waals surface area contributed by atoms with Crippen LogP contribution in [0.1, 0.15) is 46.1 Å². The van der Waals surface area contributed by atoms with E-state index in [2.05, 4.69) is 27.7 Å². The lowest BCUT2D eigenvalue weighted by atomic mass is 9.83. The smallest absolute Gasteiger partial charge is 0.137 e. The summed E-state index contributed by atoms with van der Waals surface area (Å²) in [5.41, 5.74) is 1.27. The van der Waals surface area contributed by atoms with E-state index < -0.39 is 0 Å². The predicted molar refractivity (Wildman–Crippen MR) is 79.6 cm³/mol. The fourth-order valence-electron chi connectivity index (χ4n) is 2.64. The molecule has 0 aromatic heterocycles. The van der Waals surface area contributed by atoms with Crippen LogP contribution in [0.15, 0.2) is 24.3 Å². The zero-order chi connectivity index (χ0) is 14.5. The first kappa shape index (κ1) is 15.7. The van der Waals surface area contributed by atoms with Crippen LogP contribution in [-0.4, -0.2) is 12.9 Å². The number of hydrogen-bond acceptors (Lipinski definition) is 2. The van der Waals surface area contributed by atoms with Gasteiger partial charge in [-0.25, -0.2) is 0 Å². The van der Waals surface area contributed by atoms with E-state index in [-0.39, 0.29) is 5.41 Å². The lowest BCUT2D eigenvalue weighted by Gasteiger charge is -2.22. The van der Waals surface area contributed by atoms with E-state index in [4.69, 9.17) is 4.74 Å². The monoisotopic (exact) mass is 262 g/mol. The zero-order valence-corrected chi connectivity index (χ0v) is 12.8. The molecule has 0 N–H and O–H groups in total. The van der Waals surface area contributed by atoms with Gasteiger partial charge in [0.05, 0.1) is 7.11 Å². The van der Waals surface area contributed by atoms with Crippen molar-refractivity contribution in [3.05, 3.63) is 29.8 Å². The molecule has 0 heterocycles. The fourth-order valence-corrected chi connectivity index (χ4v) is 2.64. The minimum Gasteiger partial charge on any atom is -0.496 e. The molecule has 1 aromatic rings. The van der Waals surface area contributed by atoms with Crippen molar-refractivity contribution in [1.82, 2.24) is 0 Å². The van der Waals surface area contributed by atoms with Crippen molar-refractivity contribution in [2.24, 2.45) is 11.3 Å². The van der Waals surface area contributed by atoms with Crippen LogP contribution in [0.5, 0.6) is 5.75 Å². The number of benzene rings is 1. The van der Waals surface area contributed by atoms with Gasteiger partial charge in [-0.05, 0) is 23.8 Å². The van der Waals surface area contributed by atoms with Gasteiger partial charge in [-0.1, -0.05) is 45.9 Å². The Kier molecular flexibility index (Phi) is 5.59. The first-order valence-electron chi connectivity index (χ1n) is 6.95. The summed E-state index contributed by atoms with van der Waals surface area (Å²) in [6.45, 7) is 8.81. The Morgan fingerprint density at radius 3 is 2.47 bits per heavy atom. The Bertz CT molecular complexity index is 416. The summed E-state index contributed by atoms with van der Waals surface area (Å²) in [6, 6.07) is 7.74. The van der Waals surface area contributed by atoms with Gasteiger partial charge in [0.1, 0.15) is 11.5 Å². The van der Waals surface area contributed by atoms with Gasteiger partial charge in [-0.3, -0.25) is 4.79 Å². The molecule has 2 heteroatoms. The minimum atomic E-state index is 0.282. The highest BCUT2D eigenvalue weighted by molar-refractivity contribution is 5.81. The van der Waals surface area contributed by atoms with Crippen LogP contribution < -0.4 is 4.74 Å². The SMILES string of the molecule is COc1ccccc1CC(=O)CC(C)CC(C)(C)C. The van der Waals surface area contributed by atoms with E-state index in [0.29, 0.717) is 24.5 Å². The molecule has 0 spiro atoms. The molecule has 0 aliphatic carbocycles. The van der Waals surface area contributed by atoms with Gasteiger partial charge in [0.15, 0.2) is 0 Å². The molecular formula is C17H26O2. The van der Waals surface area contributed by atoms with Crippen molar-refractivity contribution in [3.63, 3.8) is 0 Å². The van der Waals surface area contributed by atoms with Crippen molar-refractivity contribution in [2.75, 3.05) is 7.11 Å². The number of hydrogen-bond donors (Lipinski definition) is 0. The molecule has 19 heavy (non-hydrogen) atoms. The van der Waals surface area contributed by atoms with Gasteiger partial charge >= 0.3 is 0 Å². The van der Waals surface area contributed by atoms with E-state index in [1.807, 2.05) is 24.3 Å². The number of methoxy groups -OCH3 is 1. The molecule has 0 amide bonds. The quantitative estimate of drug-likeness (QED) is 0.765. The number of para-hydroxylation sites is 1. The van der Waals surface area contributed by atoms with Crippen molar-refractivity contribution < 1.29 is 9.53 Å². The van der Waals surface area contributed by atoms with Crippen LogP contribution in [0.25, 0.3) is 0 Å². The molecular weight excluding hydrogens is 236 g/mol. The Hall–Kier alpha value is -1.31. The summed E-state index contributed by atoms with van der Waals surface area (Å²) in [5, 5.41) is 0. The molecule has 1 unspecified atom stereocenters. The molecule has 0 aliphatic rings. The summed E-state index contributed by atoms with van der Waals surface area (Å²) >= 11 is 0. The van der Waals surface area contributed by atoms with Gasteiger partial charge in [-0.2, -0.15) is 0 Å². The Morgan fingerprint density at radius 1 is 1.26 bits per heavy atom. The molecule has 1 aromatic carbocycles. The molecule has 0 fully saturated rings. The second kappa shape index (κ2) is 6.74. The molecule has 0 radical (unpaired) electrons. The highest BCUT2D eigenvalue weighted by Gasteiger charge is 2.18. The molecule has 0 saturated heterocycles. The largest absolute Gasteiger partial charge is 0.496 e. The maximum Gasteiger partial charge on any atom is 0.137 e. The third-order valence-corrected chi connectivity index (χ3v) is 3.12. The van der Waals surface area contributed by atoms with Gasteiger partial charge in [0, 0.05) is 18.4 Å². The predicted octanol–water partition coefficient (Wildman–Crippen LogP) is 4.27. The number of Topliss-reactive ketones (excluding diaryl/α,β-unsaturated/α-hetero) is 1. The second-order valence-corrected chi connectivity index (χ2v) is 6.60. The first-order chi connectivity index (χ1) is 8.81. The van der Waals surface area contributed by atoms with E-state index in [0.717, 1.165) is 17.7 Å². The third kappa shape index (κ3) is 5.91. The van der Waals surface area contributed by atoms with Crippen LogP contribution >= 0.6 is 0 Å². The zero-order valence-electron chi connectivity index (χ0n) is 12.8. The van der Waals surface area contributed by atoms with Crippen molar-refractivity contribution in [1.29, 1.82) is 0 Å². The number of ketones is 1. The molecule has 1 rings (SSSR count). The maximum absolute atomic E-state index is 12.1. The highest BCUT2D eigenvalue weighted by atomic mass is 16.5. The van der Waals surface area contributed by atoms with Crippen LogP contribution in [0.3, 0.4) is 0 Å². The molecule has 2 nitrogen and oxygen atoms in total. The summed E-state index contributed by atoms with van der Waals surface area (Å²) in [7, 11) is 1.64. The Labute approximate surface area is 117 Å². The minimum absolute atomic E-state index is 0.282. The average molecular weight is 262 g/mol. The standard InChI is InChI=1S/C17H26O2/c1-13(12-17(2,3)4)10-15(18)11-14-8-6-7-9-16(14)19-5/h6-9,13H,10-12H2,1-5H3. The van der Waals surface area contributed by atoms with Crippen LogP contribution in [0, 0.1) is 11.3 Å². The summed E-state index contributed by atoms with van der Waals surface area (Å²) in [4.78, 5) is 12.1. The second-order valence-electron chi connectivity index (χ2n) is 6.60. The van der Waals surface area contributed by atoms with E-state index in [1.54, 1.807) is 7.11 Å². The van der Waals surface area contributed by atoms with E-state index >= 15 is 0 Å². The fraction of sp³-hybridized carbons (Fsp3) is 0.588. The van der Waals surface area contributed by atoms with Crippen LogP contribution in [-0.2, 0) is 11.2 Å². The van der Waals surface area contributed by atoms with Gasteiger partial charge < -0.3 is 4.74 Å². The third-order valence-electron chi connectivity index (χ3n) is 3.12. The van der Waals surface area contributed by atoms with E-state index in [1.165, 1.54) is 0 Å². The molecule has 0 saturated carbocycles. The summed E-state index contributed by atoms with van der Waals surface area (Å²) in [5.74, 6) is 1.53.